The van der Waals surface area contributed by atoms with Gasteiger partial charge in [0.15, 0.2) is 16.5 Å². The lowest BCUT2D eigenvalue weighted by Gasteiger charge is -2.49. The number of nitrogen functional groups attached to an aromatic ring is 1. The van der Waals surface area contributed by atoms with Gasteiger partial charge >= 0.3 is 5.97 Å². The monoisotopic (exact) mass is 463 g/mol. The Bertz CT molecular complexity index is 888. The number of aliphatic carboxylic acids is 1. The summed E-state index contributed by atoms with van der Waals surface area (Å²) in [5.41, 5.74) is 5.57. The van der Waals surface area contributed by atoms with E-state index in [9.17, 15) is 19.5 Å². The zero-order chi connectivity index (χ0) is 20.4. The molecule has 0 radical (unpaired) electrons. The third kappa shape index (κ3) is 3.79. The smallest absolute Gasteiger partial charge is 0.354 e. The average molecular weight is 464 g/mol. The zero-order valence-corrected chi connectivity index (χ0v) is 17.5. The second kappa shape index (κ2) is 8.59. The molecular formula is C14H14ClN5O5S3. The molecule has 150 valence electrons. The summed E-state index contributed by atoms with van der Waals surface area (Å²) < 4.78 is 0.469. The van der Waals surface area contributed by atoms with E-state index in [0.29, 0.717) is 9.99 Å². The van der Waals surface area contributed by atoms with Gasteiger partial charge in [-0.05, 0) is 0 Å². The number of fused-ring (bicyclic) bond motifs is 1. The van der Waals surface area contributed by atoms with Crippen LogP contribution in [0.25, 0.3) is 0 Å². The van der Waals surface area contributed by atoms with Crippen LogP contribution in [-0.4, -0.2) is 68.6 Å². The number of anilines is 1. The standard InChI is InChI=1S/C14H14ClN5O5S3/c1-25-19-7(5-2-27-14(16)17-5)10(21)18-8-6-3-26-13(28-4-15)9(12(23)24)20(6)11(8)22/h2,6,8H,3-4H2,1H3,(H2,16,17)(H,18,21)(H,23,24)/t6-,8-/m1/s1. The number of nitrogens with two attached hydrogens (primary N) is 1. The van der Waals surface area contributed by atoms with Crippen LogP contribution in [0.3, 0.4) is 0 Å². The van der Waals surface area contributed by atoms with E-state index in [0.717, 1.165) is 23.1 Å². The van der Waals surface area contributed by atoms with Gasteiger partial charge < -0.3 is 21.0 Å². The van der Waals surface area contributed by atoms with Crippen molar-refractivity contribution in [2.45, 2.75) is 12.1 Å². The average Bonchev–Trinajstić information content (AvgIpc) is 3.09. The molecule has 1 aromatic rings. The van der Waals surface area contributed by atoms with Gasteiger partial charge in [-0.3, -0.25) is 14.5 Å². The highest BCUT2D eigenvalue weighted by molar-refractivity contribution is 8.22. The van der Waals surface area contributed by atoms with Crippen LogP contribution < -0.4 is 11.1 Å². The number of rotatable bonds is 7. The van der Waals surface area contributed by atoms with Crippen molar-refractivity contribution in [3.63, 3.8) is 0 Å². The lowest BCUT2D eigenvalue weighted by molar-refractivity contribution is -0.153. The highest BCUT2D eigenvalue weighted by atomic mass is 35.5. The van der Waals surface area contributed by atoms with Crippen LogP contribution in [0.5, 0.6) is 0 Å². The first kappa shape index (κ1) is 20.8. The molecule has 3 rings (SSSR count). The molecule has 0 saturated carbocycles. The maximum atomic E-state index is 12.6. The molecule has 1 saturated heterocycles. The number of aromatic nitrogens is 1. The lowest BCUT2D eigenvalue weighted by atomic mass is 9.95. The number of nitrogens with zero attached hydrogens (tertiary/aromatic N) is 3. The van der Waals surface area contributed by atoms with Crippen molar-refractivity contribution in [2.24, 2.45) is 5.16 Å². The fraction of sp³-hybridized carbons (Fsp3) is 0.357. The molecule has 2 amide bonds. The number of alkyl halides is 1. The number of β-lactam (4-membered cyclic amide) rings is 1. The molecule has 28 heavy (non-hydrogen) atoms. The van der Waals surface area contributed by atoms with E-state index < -0.39 is 29.9 Å². The number of carboxylic acid groups (broad SMARTS) is 1. The van der Waals surface area contributed by atoms with Crippen LogP contribution in [0.15, 0.2) is 20.5 Å². The Morgan fingerprint density at radius 3 is 2.93 bits per heavy atom. The van der Waals surface area contributed by atoms with Crippen molar-refractivity contribution in [1.82, 2.24) is 15.2 Å². The maximum absolute atomic E-state index is 12.6. The molecule has 2 aliphatic heterocycles. The number of halogens is 1. The van der Waals surface area contributed by atoms with E-state index in [-0.39, 0.29) is 27.4 Å². The minimum atomic E-state index is -1.22. The Morgan fingerprint density at radius 1 is 1.61 bits per heavy atom. The number of nitrogens with one attached hydrogen (secondary N) is 1. The topological polar surface area (TPSA) is 147 Å². The molecule has 0 aromatic carbocycles. The fourth-order valence-electron chi connectivity index (χ4n) is 2.73. The summed E-state index contributed by atoms with van der Waals surface area (Å²) in [5.74, 6) is -1.98. The van der Waals surface area contributed by atoms with Gasteiger partial charge in [0.2, 0.25) is 0 Å². The maximum Gasteiger partial charge on any atom is 0.354 e. The van der Waals surface area contributed by atoms with E-state index >= 15 is 0 Å². The molecule has 2 aliphatic rings. The second-order valence-corrected chi connectivity index (χ2v) is 9.17. The van der Waals surface area contributed by atoms with Gasteiger partial charge in [0.25, 0.3) is 11.8 Å². The van der Waals surface area contributed by atoms with Crippen molar-refractivity contribution in [2.75, 3.05) is 23.8 Å². The molecule has 14 heteroatoms. The summed E-state index contributed by atoms with van der Waals surface area (Å²) in [6.45, 7) is 0. The molecule has 1 fully saturated rings. The van der Waals surface area contributed by atoms with E-state index in [2.05, 4.69) is 15.5 Å². The number of hydrogen-bond donors (Lipinski definition) is 3. The summed E-state index contributed by atoms with van der Waals surface area (Å²) in [7, 11) is 1.27. The predicted molar refractivity (Wildman–Crippen MR) is 108 cm³/mol. The van der Waals surface area contributed by atoms with Gasteiger partial charge in [-0.25, -0.2) is 9.78 Å². The third-order valence-electron chi connectivity index (χ3n) is 3.88. The van der Waals surface area contributed by atoms with Gasteiger partial charge in [-0.2, -0.15) is 0 Å². The molecule has 2 atom stereocenters. The van der Waals surface area contributed by atoms with Gasteiger partial charge in [0.1, 0.15) is 18.8 Å². The van der Waals surface area contributed by atoms with Crippen LogP contribution in [0, 0.1) is 0 Å². The van der Waals surface area contributed by atoms with Crippen LogP contribution >= 0.6 is 46.5 Å². The Kier molecular flexibility index (Phi) is 6.37. The number of carboxylic acids is 1. The van der Waals surface area contributed by atoms with Gasteiger partial charge in [-0.1, -0.05) is 5.16 Å². The second-order valence-electron chi connectivity index (χ2n) is 5.43. The minimum absolute atomic E-state index is 0.111. The normalized spacial score (nSPS) is 21.9. The minimum Gasteiger partial charge on any atom is -0.477 e. The van der Waals surface area contributed by atoms with E-state index in [1.54, 1.807) is 5.38 Å². The van der Waals surface area contributed by atoms with Crippen molar-refractivity contribution in [3.8, 4) is 0 Å². The van der Waals surface area contributed by atoms with E-state index in [4.69, 9.17) is 22.2 Å². The molecule has 0 aliphatic carbocycles. The lowest BCUT2D eigenvalue weighted by Crippen LogP contribution is -2.72. The number of hydrogen-bond acceptors (Lipinski definition) is 10. The fourth-order valence-corrected chi connectivity index (χ4v) is 5.92. The van der Waals surface area contributed by atoms with Crippen molar-refractivity contribution in [1.29, 1.82) is 0 Å². The van der Waals surface area contributed by atoms with E-state index in [1.165, 1.54) is 23.8 Å². The van der Waals surface area contributed by atoms with Crippen molar-refractivity contribution < 1.29 is 24.3 Å². The number of thiazole rings is 1. The Morgan fingerprint density at radius 2 is 2.36 bits per heavy atom. The number of carbonyl (C=O) groups is 3. The summed E-state index contributed by atoms with van der Waals surface area (Å²) in [6, 6.07) is -1.37. The molecule has 1 aromatic heterocycles. The quantitative estimate of drug-likeness (QED) is 0.230. The molecule has 0 bridgehead atoms. The first-order valence-corrected chi connectivity index (χ1v) is 11.0. The molecule has 10 nitrogen and oxygen atoms in total. The highest BCUT2D eigenvalue weighted by Gasteiger charge is 2.54. The predicted octanol–water partition coefficient (Wildman–Crippen LogP) is 0.701. The number of thioether (sulfide) groups is 2. The molecule has 4 N–H and O–H groups in total. The number of oxime groups is 1. The van der Waals surface area contributed by atoms with Gasteiger partial charge in [0.05, 0.1) is 15.5 Å². The van der Waals surface area contributed by atoms with Crippen LogP contribution in [0.4, 0.5) is 5.13 Å². The van der Waals surface area contributed by atoms with E-state index in [1.807, 2.05) is 0 Å². The van der Waals surface area contributed by atoms with Gasteiger partial charge in [0, 0.05) is 11.1 Å². The van der Waals surface area contributed by atoms with Crippen molar-refractivity contribution >= 4 is 75.1 Å². The highest BCUT2D eigenvalue weighted by Crippen LogP contribution is 2.44. The Labute approximate surface area is 176 Å². The summed E-state index contributed by atoms with van der Waals surface area (Å²) >= 11 is 9.25. The third-order valence-corrected chi connectivity index (χ3v) is 7.11. The molecule has 0 spiro atoms. The first-order valence-electron chi connectivity index (χ1n) is 7.64. The molecule has 3 heterocycles. The first-order chi connectivity index (χ1) is 13.4. The van der Waals surface area contributed by atoms with Gasteiger partial charge in [-0.15, -0.1) is 46.5 Å². The Hall–Kier alpha value is -1.96. The summed E-state index contributed by atoms with van der Waals surface area (Å²) in [6.07, 6.45) is 0. The summed E-state index contributed by atoms with van der Waals surface area (Å²) in [4.78, 5) is 46.7. The summed E-state index contributed by atoms with van der Waals surface area (Å²) in [5, 5.41) is 17.7. The SMILES string of the molecule is CON=C(C(=O)N[C@H]1C(=O)N2C(C(=O)O)=C(SCCl)SC[C@H]12)c1csc(N)n1. The molecular weight excluding hydrogens is 450 g/mol. The van der Waals surface area contributed by atoms with Crippen molar-refractivity contribution in [3.05, 3.63) is 21.0 Å². The largest absolute Gasteiger partial charge is 0.477 e. The molecule has 0 unspecified atom stereocenters. The van der Waals surface area contributed by atoms with Crippen LogP contribution in [0.1, 0.15) is 5.69 Å². The number of amides is 2. The number of carbonyl (C=O) groups excluding carboxylic acids is 2. The Balaban J connectivity index is 1.78. The van der Waals surface area contributed by atoms with Crippen LogP contribution in [0.2, 0.25) is 0 Å². The van der Waals surface area contributed by atoms with Crippen LogP contribution in [-0.2, 0) is 19.2 Å². The zero-order valence-electron chi connectivity index (χ0n) is 14.2.